The average molecular weight is 383 g/mol. The van der Waals surface area contributed by atoms with Crippen molar-refractivity contribution in [3.8, 4) is 0 Å². The fourth-order valence-corrected chi connectivity index (χ4v) is 3.33. The minimum absolute atomic E-state index is 0. The summed E-state index contributed by atoms with van der Waals surface area (Å²) in [5.74, 6) is -0.0967. The largest absolute Gasteiger partial charge is 0.658 e. The van der Waals surface area contributed by atoms with E-state index in [1.807, 2.05) is 0 Å². The van der Waals surface area contributed by atoms with Crippen LogP contribution in [0, 0.1) is 12.3 Å². The molecule has 0 heterocycles. The number of carbonyl (C=O) groups is 1. The number of amides is 1. The van der Waals surface area contributed by atoms with Gasteiger partial charge in [0.2, 0.25) is 0 Å². The van der Waals surface area contributed by atoms with Crippen LogP contribution in [0.25, 0.3) is 16.1 Å². The van der Waals surface area contributed by atoms with Gasteiger partial charge in [-0.05, 0) is 52.9 Å². The summed E-state index contributed by atoms with van der Waals surface area (Å²) < 4.78 is 0. The van der Waals surface area contributed by atoms with E-state index >= 15 is 0 Å². The Bertz CT molecular complexity index is 729. The van der Waals surface area contributed by atoms with E-state index in [-0.39, 0.29) is 38.6 Å². The van der Waals surface area contributed by atoms with Crippen molar-refractivity contribution < 1.29 is 37.5 Å². The molecule has 0 saturated carbocycles. The molecule has 23 heavy (non-hydrogen) atoms. The third kappa shape index (κ3) is 3.67. The maximum Gasteiger partial charge on any atom is 0.0273 e. The molecule has 1 N–H and O–H groups in total. The minimum atomic E-state index is -0.610. The van der Waals surface area contributed by atoms with Gasteiger partial charge in [-0.3, -0.25) is 0 Å². The number of nitrogens with zero attached hydrogens (tertiary/aromatic N) is 1. The summed E-state index contributed by atoms with van der Waals surface area (Å²) in [7, 11) is 1.56. The van der Waals surface area contributed by atoms with Crippen molar-refractivity contribution >= 4 is 16.7 Å². The van der Waals surface area contributed by atoms with Crippen molar-refractivity contribution in [3.05, 3.63) is 59.3 Å². The smallest absolute Gasteiger partial charge is 0.0273 e. The summed E-state index contributed by atoms with van der Waals surface area (Å²) >= 11 is 0. The quantitative estimate of drug-likeness (QED) is 0.823. The number of hydrogen-bond acceptors (Lipinski definition) is 2. The normalized spacial score (nSPS) is 19.3. The van der Waals surface area contributed by atoms with E-state index < -0.39 is 5.41 Å². The Balaban J connectivity index is 0.00000192. The van der Waals surface area contributed by atoms with E-state index in [1.165, 1.54) is 27.5 Å². The van der Waals surface area contributed by atoms with Gasteiger partial charge < -0.3 is 22.4 Å². The summed E-state index contributed by atoms with van der Waals surface area (Å²) in [5, 5.41) is 9.64. The number of rotatable bonds is 4. The van der Waals surface area contributed by atoms with Crippen LogP contribution in [0.4, 0.5) is 0 Å². The Labute approximate surface area is 163 Å². The zero-order chi connectivity index (χ0) is 15.7. The van der Waals surface area contributed by atoms with Gasteiger partial charge in [0.25, 0.3) is 0 Å². The first-order valence-electron chi connectivity index (χ1n) is 7.80. The van der Waals surface area contributed by atoms with Gasteiger partial charge in [0.1, 0.15) is 0 Å². The molecule has 119 valence electrons. The molecule has 0 bridgehead atoms. The molecule has 4 heteroatoms. The Kier molecular flexibility index (Phi) is 5.99. The topological polar surface area (TPSA) is 43.2 Å². The molecule has 0 saturated heterocycles. The number of benzene rings is 2. The van der Waals surface area contributed by atoms with E-state index in [0.717, 1.165) is 13.1 Å². The second-order valence-electron chi connectivity index (χ2n) is 6.25. The van der Waals surface area contributed by atoms with Gasteiger partial charge >= 0.3 is 0 Å². The van der Waals surface area contributed by atoms with Crippen molar-refractivity contribution in [2.45, 2.75) is 26.3 Å². The first-order valence-corrected chi connectivity index (χ1v) is 7.80. The summed E-state index contributed by atoms with van der Waals surface area (Å²) in [6.07, 6.45) is 1.37. The van der Waals surface area contributed by atoms with Crippen molar-refractivity contribution in [1.29, 1.82) is 0 Å². The molecule has 3 nitrogen and oxygen atoms in total. The zero-order valence-electron chi connectivity index (χ0n) is 13.9. The Morgan fingerprint density at radius 2 is 1.87 bits per heavy atom. The molecular formula is C19H22N2OY-2. The van der Waals surface area contributed by atoms with E-state index in [9.17, 15) is 4.79 Å². The number of carbonyl (C=O) groups excluding carboxylic acids is 1. The summed E-state index contributed by atoms with van der Waals surface area (Å²) in [6, 6.07) is 11.0. The second-order valence-corrected chi connectivity index (χ2v) is 6.25. The fourth-order valence-electron chi connectivity index (χ4n) is 3.33. The van der Waals surface area contributed by atoms with E-state index in [0.29, 0.717) is 12.8 Å². The SMILES string of the molecule is [CH2-]C1(C(=O)[N-]C)Cc2cc3ccc(CNCC)cc3cc2C1.[Y]. The number of hydrogen-bond donors (Lipinski definition) is 1. The molecule has 0 fully saturated rings. The molecule has 1 radical (unpaired) electrons. The molecule has 1 atom stereocenters. The van der Waals surface area contributed by atoms with Gasteiger partial charge in [-0.15, -0.1) is 12.5 Å². The van der Waals surface area contributed by atoms with E-state index in [1.54, 1.807) is 7.05 Å². The second kappa shape index (κ2) is 7.42. The minimum Gasteiger partial charge on any atom is -0.658 e. The van der Waals surface area contributed by atoms with Gasteiger partial charge in [0.05, 0.1) is 0 Å². The van der Waals surface area contributed by atoms with Crippen LogP contribution in [0.3, 0.4) is 0 Å². The zero-order valence-corrected chi connectivity index (χ0v) is 16.7. The van der Waals surface area contributed by atoms with Crippen LogP contribution in [-0.4, -0.2) is 19.5 Å². The molecule has 0 aromatic heterocycles. The molecule has 0 spiro atoms. The monoisotopic (exact) mass is 383 g/mol. The van der Waals surface area contributed by atoms with Crippen LogP contribution < -0.4 is 5.32 Å². The standard InChI is InChI=1S/C19H23N2O.Y/c1-4-21-12-13-5-6-14-8-16-10-19(2,18(22)20-3)11-17(16)9-15(14)7-13;/h5-9,21H,2,4,10-12H2,1,3H3,(H,20,22);/q-1;/p-1. The van der Waals surface area contributed by atoms with Gasteiger partial charge in [-0.2, -0.15) is 0 Å². The first-order chi connectivity index (χ1) is 10.6. The van der Waals surface area contributed by atoms with Crippen LogP contribution >= 0.6 is 0 Å². The molecule has 1 unspecified atom stereocenters. The summed E-state index contributed by atoms with van der Waals surface area (Å²) in [5.41, 5.74) is 3.15. The Morgan fingerprint density at radius 3 is 2.48 bits per heavy atom. The third-order valence-electron chi connectivity index (χ3n) is 4.52. The van der Waals surface area contributed by atoms with Crippen LogP contribution in [0.2, 0.25) is 0 Å². The molecular weight excluding hydrogens is 361 g/mol. The molecule has 1 aliphatic carbocycles. The Morgan fingerprint density at radius 1 is 1.22 bits per heavy atom. The third-order valence-corrected chi connectivity index (χ3v) is 4.52. The molecule has 0 aliphatic heterocycles. The van der Waals surface area contributed by atoms with Crippen LogP contribution in [-0.2, 0) is 56.9 Å². The maximum atomic E-state index is 12.0. The summed E-state index contributed by atoms with van der Waals surface area (Å²) in [4.78, 5) is 12.0. The van der Waals surface area contributed by atoms with E-state index in [2.05, 4.69) is 54.8 Å². The van der Waals surface area contributed by atoms with E-state index in [4.69, 9.17) is 0 Å². The summed E-state index contributed by atoms with van der Waals surface area (Å²) in [6.45, 7) is 8.11. The van der Waals surface area contributed by atoms with Crippen LogP contribution in [0.1, 0.15) is 23.6 Å². The molecule has 2 aromatic rings. The van der Waals surface area contributed by atoms with Crippen molar-refractivity contribution in [2.24, 2.45) is 5.41 Å². The number of fused-ring (bicyclic) bond motifs is 2. The van der Waals surface area contributed by atoms with Gasteiger partial charge in [-0.25, -0.2) is 0 Å². The molecule has 2 aromatic carbocycles. The van der Waals surface area contributed by atoms with Crippen LogP contribution in [0.15, 0.2) is 30.3 Å². The van der Waals surface area contributed by atoms with Gasteiger partial charge in [0.15, 0.2) is 0 Å². The number of nitrogens with one attached hydrogen (secondary N) is 1. The molecule has 1 amide bonds. The molecule has 1 aliphatic rings. The van der Waals surface area contributed by atoms with Crippen LogP contribution in [0.5, 0.6) is 0 Å². The average Bonchev–Trinajstić information content (AvgIpc) is 2.85. The predicted octanol–water partition coefficient (Wildman–Crippen LogP) is 3.40. The van der Waals surface area contributed by atoms with Crippen molar-refractivity contribution in [2.75, 3.05) is 13.6 Å². The predicted molar refractivity (Wildman–Crippen MR) is 90.8 cm³/mol. The molecule has 3 rings (SSSR count). The van der Waals surface area contributed by atoms with Gasteiger partial charge in [0, 0.05) is 45.2 Å². The fraction of sp³-hybridized carbons (Fsp3) is 0.368. The van der Waals surface area contributed by atoms with Crippen molar-refractivity contribution in [1.82, 2.24) is 5.32 Å². The van der Waals surface area contributed by atoms with Gasteiger partial charge in [-0.1, -0.05) is 31.2 Å². The Hall–Kier alpha value is -0.766. The maximum absolute atomic E-state index is 12.0. The first kappa shape index (κ1) is 18.6. The van der Waals surface area contributed by atoms with Crippen molar-refractivity contribution in [3.63, 3.8) is 0 Å².